The van der Waals surface area contributed by atoms with Crippen LogP contribution in [-0.4, -0.2) is 32.2 Å². The summed E-state index contributed by atoms with van der Waals surface area (Å²) in [4.78, 5) is 24.9. The molecule has 7 nitrogen and oxygen atoms in total. The number of carboxylic acid groups (broad SMARTS) is 2. The van der Waals surface area contributed by atoms with Crippen molar-refractivity contribution in [2.45, 2.75) is 12.5 Å². The van der Waals surface area contributed by atoms with Crippen LogP contribution in [0.3, 0.4) is 0 Å². The molecule has 0 amide bonds. The topological polar surface area (TPSA) is 121 Å². The van der Waals surface area contributed by atoms with Gasteiger partial charge < -0.3 is 19.7 Å². The van der Waals surface area contributed by atoms with Crippen molar-refractivity contribution >= 4 is 23.0 Å². The molecule has 94 valence electrons. The highest BCUT2D eigenvalue weighted by Crippen LogP contribution is 2.21. The molecular weight excluding hydrogens is 242 g/mol. The summed E-state index contributed by atoms with van der Waals surface area (Å²) in [6.45, 7) is 0. The van der Waals surface area contributed by atoms with Gasteiger partial charge in [-0.3, -0.25) is 4.79 Å². The van der Waals surface area contributed by atoms with Crippen LogP contribution in [0.2, 0.25) is 0 Å². The number of rotatable bonds is 4. The lowest BCUT2D eigenvalue weighted by molar-refractivity contribution is -0.148. The molecule has 0 saturated carbocycles. The zero-order chi connectivity index (χ0) is 13.3. The molecule has 1 atom stereocenters. The number of hydrogen-bond acceptors (Lipinski definition) is 5. The summed E-state index contributed by atoms with van der Waals surface area (Å²) in [6.07, 6.45) is -2.00. The Hall–Kier alpha value is -2.41. The van der Waals surface area contributed by atoms with E-state index >= 15 is 0 Å². The van der Waals surface area contributed by atoms with Crippen molar-refractivity contribution < 1.29 is 29.3 Å². The number of aromatic nitrogens is 1. The van der Waals surface area contributed by atoms with Gasteiger partial charge in [0.1, 0.15) is 5.52 Å². The van der Waals surface area contributed by atoms with Gasteiger partial charge in [0.25, 0.3) is 0 Å². The SMILES string of the molecule is O=C(O)Cc1ccc2oc(C(O)C(=O)O)nc2c1. The largest absolute Gasteiger partial charge is 0.481 e. The van der Waals surface area contributed by atoms with E-state index in [4.69, 9.17) is 14.6 Å². The summed E-state index contributed by atoms with van der Waals surface area (Å²) in [6, 6.07) is 4.50. The predicted octanol–water partition coefficient (Wildman–Crippen LogP) is 0.573. The van der Waals surface area contributed by atoms with Crippen molar-refractivity contribution in [2.24, 2.45) is 0 Å². The van der Waals surface area contributed by atoms with E-state index < -0.39 is 18.0 Å². The zero-order valence-electron chi connectivity index (χ0n) is 9.03. The van der Waals surface area contributed by atoms with Crippen molar-refractivity contribution in [3.8, 4) is 0 Å². The number of oxazole rings is 1. The second-order valence-electron chi connectivity index (χ2n) is 3.67. The van der Waals surface area contributed by atoms with Crippen LogP contribution in [0.1, 0.15) is 17.6 Å². The van der Waals surface area contributed by atoms with Gasteiger partial charge in [-0.2, -0.15) is 0 Å². The van der Waals surface area contributed by atoms with Gasteiger partial charge in [0, 0.05) is 0 Å². The van der Waals surface area contributed by atoms with Crippen LogP contribution in [0, 0.1) is 0 Å². The molecule has 1 heterocycles. The summed E-state index contributed by atoms with van der Waals surface area (Å²) < 4.78 is 5.06. The lowest BCUT2D eigenvalue weighted by atomic mass is 10.1. The van der Waals surface area contributed by atoms with Gasteiger partial charge in [-0.05, 0) is 17.7 Å². The van der Waals surface area contributed by atoms with Gasteiger partial charge in [0.05, 0.1) is 6.42 Å². The van der Waals surface area contributed by atoms with Crippen molar-refractivity contribution in [2.75, 3.05) is 0 Å². The molecule has 0 bridgehead atoms. The van der Waals surface area contributed by atoms with E-state index in [-0.39, 0.29) is 12.3 Å². The fourth-order valence-electron chi connectivity index (χ4n) is 1.50. The minimum absolute atomic E-state index is 0.167. The van der Waals surface area contributed by atoms with E-state index in [9.17, 15) is 14.7 Å². The molecule has 0 radical (unpaired) electrons. The number of aliphatic hydroxyl groups is 1. The molecule has 0 fully saturated rings. The monoisotopic (exact) mass is 251 g/mol. The van der Waals surface area contributed by atoms with Gasteiger partial charge >= 0.3 is 11.9 Å². The van der Waals surface area contributed by atoms with E-state index in [0.29, 0.717) is 16.7 Å². The van der Waals surface area contributed by atoms with Crippen LogP contribution in [0.5, 0.6) is 0 Å². The maximum Gasteiger partial charge on any atom is 0.342 e. The van der Waals surface area contributed by atoms with E-state index in [2.05, 4.69) is 4.98 Å². The van der Waals surface area contributed by atoms with Gasteiger partial charge in [0.2, 0.25) is 12.0 Å². The number of carboxylic acids is 2. The molecule has 1 unspecified atom stereocenters. The third-order valence-corrected chi connectivity index (χ3v) is 2.29. The number of aliphatic hydroxyl groups excluding tert-OH is 1. The summed E-state index contributed by atoms with van der Waals surface area (Å²) in [5.41, 5.74) is 1.11. The standard InChI is InChI=1S/C11H9NO6/c13-8(14)4-5-1-2-7-6(3-5)12-10(18-7)9(15)11(16)17/h1-3,9,15H,4H2,(H,13,14)(H,16,17). The molecule has 0 aliphatic rings. The highest BCUT2D eigenvalue weighted by molar-refractivity contribution is 5.78. The third kappa shape index (κ3) is 2.30. The average Bonchev–Trinajstić information content (AvgIpc) is 2.69. The third-order valence-electron chi connectivity index (χ3n) is 2.29. The Bertz CT molecular complexity index is 617. The Morgan fingerprint density at radius 3 is 2.67 bits per heavy atom. The maximum atomic E-state index is 10.6. The van der Waals surface area contributed by atoms with Gasteiger partial charge in [-0.25, -0.2) is 9.78 Å². The van der Waals surface area contributed by atoms with Crippen LogP contribution in [0.15, 0.2) is 22.6 Å². The molecule has 0 aliphatic heterocycles. The number of benzene rings is 1. The van der Waals surface area contributed by atoms with Crippen LogP contribution < -0.4 is 0 Å². The first-order chi connectivity index (χ1) is 8.47. The van der Waals surface area contributed by atoms with E-state index in [1.165, 1.54) is 12.1 Å². The molecule has 1 aromatic carbocycles. The van der Waals surface area contributed by atoms with Crippen LogP contribution >= 0.6 is 0 Å². The van der Waals surface area contributed by atoms with Crippen molar-refractivity contribution in [1.29, 1.82) is 0 Å². The maximum absolute atomic E-state index is 10.6. The molecule has 0 aliphatic carbocycles. The fourth-order valence-corrected chi connectivity index (χ4v) is 1.50. The summed E-state index contributed by atoms with van der Waals surface area (Å²) >= 11 is 0. The Kier molecular flexibility index (Phi) is 2.99. The summed E-state index contributed by atoms with van der Waals surface area (Å²) in [7, 11) is 0. The number of hydrogen-bond donors (Lipinski definition) is 3. The Morgan fingerprint density at radius 1 is 1.33 bits per heavy atom. The molecule has 1 aromatic heterocycles. The molecule has 0 spiro atoms. The lowest BCUT2D eigenvalue weighted by Gasteiger charge is -1.96. The van der Waals surface area contributed by atoms with Gasteiger partial charge in [0.15, 0.2) is 5.58 Å². The summed E-state index contributed by atoms with van der Waals surface area (Å²) in [5, 5.41) is 26.5. The molecule has 2 aromatic rings. The molecule has 18 heavy (non-hydrogen) atoms. The van der Waals surface area contributed by atoms with Crippen molar-refractivity contribution in [1.82, 2.24) is 4.98 Å². The minimum Gasteiger partial charge on any atom is -0.481 e. The van der Waals surface area contributed by atoms with Crippen LogP contribution in [0.25, 0.3) is 11.1 Å². The quantitative estimate of drug-likeness (QED) is 0.726. The fraction of sp³-hybridized carbons (Fsp3) is 0.182. The van der Waals surface area contributed by atoms with E-state index in [0.717, 1.165) is 0 Å². The highest BCUT2D eigenvalue weighted by atomic mass is 16.4. The zero-order valence-corrected chi connectivity index (χ0v) is 9.03. The van der Waals surface area contributed by atoms with Crippen molar-refractivity contribution in [3.63, 3.8) is 0 Å². The second-order valence-corrected chi connectivity index (χ2v) is 3.67. The number of aliphatic carboxylic acids is 2. The van der Waals surface area contributed by atoms with Gasteiger partial charge in [-0.1, -0.05) is 6.07 Å². The molecule has 3 N–H and O–H groups in total. The molecular formula is C11H9NO6. The lowest BCUT2D eigenvalue weighted by Crippen LogP contribution is -2.10. The second kappa shape index (κ2) is 4.46. The Morgan fingerprint density at radius 2 is 2.06 bits per heavy atom. The predicted molar refractivity (Wildman–Crippen MR) is 57.9 cm³/mol. The van der Waals surface area contributed by atoms with Crippen LogP contribution in [0.4, 0.5) is 0 Å². The Labute approximate surface area is 100 Å². The van der Waals surface area contributed by atoms with Crippen molar-refractivity contribution in [3.05, 3.63) is 29.7 Å². The number of fused-ring (bicyclic) bond motifs is 1. The highest BCUT2D eigenvalue weighted by Gasteiger charge is 2.22. The molecule has 2 rings (SSSR count). The molecule has 7 heteroatoms. The van der Waals surface area contributed by atoms with Crippen LogP contribution in [-0.2, 0) is 16.0 Å². The first kappa shape index (κ1) is 12.1. The van der Waals surface area contributed by atoms with Gasteiger partial charge in [-0.15, -0.1) is 0 Å². The summed E-state index contributed by atoms with van der Waals surface area (Å²) in [5.74, 6) is -2.78. The first-order valence-corrected chi connectivity index (χ1v) is 4.99. The minimum atomic E-state index is -1.83. The smallest absolute Gasteiger partial charge is 0.342 e. The number of nitrogens with zero attached hydrogens (tertiary/aromatic N) is 1. The van der Waals surface area contributed by atoms with E-state index in [1.807, 2.05) is 0 Å². The average molecular weight is 251 g/mol. The Balaban J connectivity index is 2.39. The first-order valence-electron chi connectivity index (χ1n) is 4.99. The normalized spacial score (nSPS) is 12.5. The molecule has 0 saturated heterocycles. The van der Waals surface area contributed by atoms with E-state index in [1.54, 1.807) is 6.07 Å². The number of carbonyl (C=O) groups is 2.